The molecule has 0 amide bonds. The van der Waals surface area contributed by atoms with Gasteiger partial charge in [0.15, 0.2) is 0 Å². The van der Waals surface area contributed by atoms with Gasteiger partial charge in [0.25, 0.3) is 0 Å². The molecule has 1 saturated carbocycles. The van der Waals surface area contributed by atoms with Gasteiger partial charge in [-0.1, -0.05) is 13.3 Å². The van der Waals surface area contributed by atoms with Crippen LogP contribution in [0.1, 0.15) is 43.3 Å². The summed E-state index contributed by atoms with van der Waals surface area (Å²) in [7, 11) is 0. The summed E-state index contributed by atoms with van der Waals surface area (Å²) in [5.74, 6) is -0.706. The zero-order chi connectivity index (χ0) is 10.9. The lowest BCUT2D eigenvalue weighted by Crippen LogP contribution is -2.42. The first-order chi connectivity index (χ1) is 7.19. The van der Waals surface area contributed by atoms with Gasteiger partial charge >= 0.3 is 5.97 Å². The van der Waals surface area contributed by atoms with Gasteiger partial charge in [-0.25, -0.2) is 4.98 Å². The monoisotopic (exact) mass is 225 g/mol. The molecule has 0 spiro atoms. The SMILES string of the molecule is CCCc1nc(C2(C(=O)O)CCC2)cs1. The average Bonchev–Trinajstić information content (AvgIpc) is 2.51. The fraction of sp³-hybridized carbons (Fsp3) is 0.636. The molecule has 0 atom stereocenters. The van der Waals surface area contributed by atoms with Crippen LogP contribution in [-0.4, -0.2) is 16.1 Å². The number of hydrogen-bond donors (Lipinski definition) is 1. The van der Waals surface area contributed by atoms with E-state index in [0.717, 1.165) is 42.8 Å². The molecule has 15 heavy (non-hydrogen) atoms. The Morgan fingerprint density at radius 2 is 2.40 bits per heavy atom. The summed E-state index contributed by atoms with van der Waals surface area (Å²) in [4.78, 5) is 15.7. The van der Waals surface area contributed by atoms with Gasteiger partial charge in [0, 0.05) is 5.38 Å². The summed E-state index contributed by atoms with van der Waals surface area (Å²) in [6.07, 6.45) is 4.52. The van der Waals surface area contributed by atoms with Crippen molar-refractivity contribution in [3.05, 3.63) is 16.1 Å². The maximum atomic E-state index is 11.2. The highest BCUT2D eigenvalue weighted by Gasteiger charge is 2.47. The highest BCUT2D eigenvalue weighted by atomic mass is 32.1. The third kappa shape index (κ3) is 1.67. The topological polar surface area (TPSA) is 50.2 Å². The molecule has 1 aromatic heterocycles. The Kier molecular flexibility index (Phi) is 2.78. The molecule has 1 heterocycles. The molecular formula is C11H15NO2S. The minimum absolute atomic E-state index is 0.650. The molecule has 4 heteroatoms. The predicted octanol–water partition coefficient (Wildman–Crippen LogP) is 2.60. The summed E-state index contributed by atoms with van der Waals surface area (Å²) >= 11 is 1.59. The van der Waals surface area contributed by atoms with Crippen molar-refractivity contribution >= 4 is 17.3 Å². The second kappa shape index (κ2) is 3.93. The van der Waals surface area contributed by atoms with E-state index in [2.05, 4.69) is 11.9 Å². The number of aryl methyl sites for hydroxylation is 1. The van der Waals surface area contributed by atoms with E-state index >= 15 is 0 Å². The zero-order valence-electron chi connectivity index (χ0n) is 8.82. The first kappa shape index (κ1) is 10.6. The molecule has 0 aromatic carbocycles. The maximum absolute atomic E-state index is 11.2. The Morgan fingerprint density at radius 1 is 1.67 bits per heavy atom. The fourth-order valence-electron chi connectivity index (χ4n) is 1.97. The molecule has 0 bridgehead atoms. The number of carboxylic acid groups (broad SMARTS) is 1. The van der Waals surface area contributed by atoms with E-state index in [1.54, 1.807) is 11.3 Å². The van der Waals surface area contributed by atoms with Crippen molar-refractivity contribution < 1.29 is 9.90 Å². The number of aromatic nitrogens is 1. The van der Waals surface area contributed by atoms with Gasteiger partial charge in [-0.15, -0.1) is 11.3 Å². The van der Waals surface area contributed by atoms with Gasteiger partial charge in [0.05, 0.1) is 10.7 Å². The quantitative estimate of drug-likeness (QED) is 0.857. The van der Waals surface area contributed by atoms with E-state index in [4.69, 9.17) is 0 Å². The summed E-state index contributed by atoms with van der Waals surface area (Å²) in [5, 5.41) is 12.2. The van der Waals surface area contributed by atoms with Crippen LogP contribution in [-0.2, 0) is 16.6 Å². The van der Waals surface area contributed by atoms with Crippen molar-refractivity contribution in [3.8, 4) is 0 Å². The van der Waals surface area contributed by atoms with Crippen molar-refractivity contribution in [2.75, 3.05) is 0 Å². The molecule has 1 aromatic rings. The van der Waals surface area contributed by atoms with Crippen LogP contribution in [0, 0.1) is 0 Å². The molecule has 0 aliphatic heterocycles. The zero-order valence-corrected chi connectivity index (χ0v) is 9.64. The number of nitrogens with zero attached hydrogens (tertiary/aromatic N) is 1. The normalized spacial score (nSPS) is 18.5. The Labute approximate surface area is 93.2 Å². The van der Waals surface area contributed by atoms with Gasteiger partial charge < -0.3 is 5.11 Å². The third-order valence-corrected chi connectivity index (χ3v) is 4.03. The Bertz CT molecular complexity index is 368. The molecular weight excluding hydrogens is 210 g/mol. The molecule has 1 N–H and O–H groups in total. The van der Waals surface area contributed by atoms with Crippen LogP contribution >= 0.6 is 11.3 Å². The van der Waals surface area contributed by atoms with Crippen LogP contribution in [0.4, 0.5) is 0 Å². The number of carboxylic acids is 1. The summed E-state index contributed by atoms with van der Waals surface area (Å²) < 4.78 is 0. The Hall–Kier alpha value is -0.900. The standard InChI is InChI=1S/C11H15NO2S/c1-2-4-9-12-8(7-15-9)11(10(13)14)5-3-6-11/h7H,2-6H2,1H3,(H,13,14). The van der Waals surface area contributed by atoms with E-state index in [-0.39, 0.29) is 0 Å². The van der Waals surface area contributed by atoms with Crippen molar-refractivity contribution in [2.45, 2.75) is 44.4 Å². The maximum Gasteiger partial charge on any atom is 0.315 e. The first-order valence-corrected chi connectivity index (χ1v) is 6.25. The molecule has 82 valence electrons. The molecule has 1 fully saturated rings. The van der Waals surface area contributed by atoms with Crippen molar-refractivity contribution in [1.29, 1.82) is 0 Å². The van der Waals surface area contributed by atoms with E-state index in [1.807, 2.05) is 5.38 Å². The highest BCUT2D eigenvalue weighted by Crippen LogP contribution is 2.44. The average molecular weight is 225 g/mol. The smallest absolute Gasteiger partial charge is 0.315 e. The molecule has 1 aliphatic carbocycles. The number of thiazole rings is 1. The lowest BCUT2D eigenvalue weighted by molar-refractivity contribution is -0.147. The van der Waals surface area contributed by atoms with Crippen LogP contribution in [0.15, 0.2) is 5.38 Å². The van der Waals surface area contributed by atoms with Gasteiger partial charge in [-0.2, -0.15) is 0 Å². The number of carbonyl (C=O) groups is 1. The lowest BCUT2D eigenvalue weighted by atomic mass is 9.67. The van der Waals surface area contributed by atoms with Crippen LogP contribution < -0.4 is 0 Å². The molecule has 3 nitrogen and oxygen atoms in total. The minimum atomic E-state index is -0.706. The van der Waals surface area contributed by atoms with Gasteiger partial charge in [0.1, 0.15) is 5.41 Å². The summed E-state index contributed by atoms with van der Waals surface area (Å²) in [6.45, 7) is 2.11. The lowest BCUT2D eigenvalue weighted by Gasteiger charge is -2.36. The summed E-state index contributed by atoms with van der Waals surface area (Å²) in [5.41, 5.74) is 0.136. The van der Waals surface area contributed by atoms with E-state index < -0.39 is 11.4 Å². The van der Waals surface area contributed by atoms with Gasteiger partial charge in [-0.05, 0) is 25.7 Å². The van der Waals surface area contributed by atoms with E-state index in [0.29, 0.717) is 0 Å². The van der Waals surface area contributed by atoms with Crippen molar-refractivity contribution in [1.82, 2.24) is 4.98 Å². The highest BCUT2D eigenvalue weighted by molar-refractivity contribution is 7.09. The van der Waals surface area contributed by atoms with Crippen LogP contribution in [0.5, 0.6) is 0 Å². The van der Waals surface area contributed by atoms with Crippen LogP contribution in [0.3, 0.4) is 0 Å². The van der Waals surface area contributed by atoms with Gasteiger partial charge in [0.2, 0.25) is 0 Å². The predicted molar refractivity (Wildman–Crippen MR) is 59.3 cm³/mol. The molecule has 1 aliphatic rings. The van der Waals surface area contributed by atoms with E-state index in [1.165, 1.54) is 0 Å². The minimum Gasteiger partial charge on any atom is -0.481 e. The van der Waals surface area contributed by atoms with Crippen LogP contribution in [0.25, 0.3) is 0 Å². The number of rotatable bonds is 4. The van der Waals surface area contributed by atoms with E-state index in [9.17, 15) is 9.90 Å². The molecule has 0 radical (unpaired) electrons. The largest absolute Gasteiger partial charge is 0.481 e. The Morgan fingerprint density at radius 3 is 2.87 bits per heavy atom. The van der Waals surface area contributed by atoms with Gasteiger partial charge in [-0.3, -0.25) is 4.79 Å². The van der Waals surface area contributed by atoms with Crippen LogP contribution in [0.2, 0.25) is 0 Å². The number of aliphatic carboxylic acids is 1. The fourth-order valence-corrected chi connectivity index (χ4v) is 2.97. The molecule has 0 saturated heterocycles. The van der Waals surface area contributed by atoms with Crippen molar-refractivity contribution in [2.24, 2.45) is 0 Å². The Balaban J connectivity index is 2.23. The molecule has 2 rings (SSSR count). The number of hydrogen-bond acceptors (Lipinski definition) is 3. The third-order valence-electron chi connectivity index (χ3n) is 3.12. The second-order valence-electron chi connectivity index (χ2n) is 4.12. The second-order valence-corrected chi connectivity index (χ2v) is 5.06. The first-order valence-electron chi connectivity index (χ1n) is 5.37. The van der Waals surface area contributed by atoms with Crippen molar-refractivity contribution in [3.63, 3.8) is 0 Å². The molecule has 0 unspecified atom stereocenters. The summed E-state index contributed by atoms with van der Waals surface area (Å²) in [6, 6.07) is 0.